The van der Waals surface area contributed by atoms with Gasteiger partial charge in [0.1, 0.15) is 11.6 Å². The van der Waals surface area contributed by atoms with Crippen LogP contribution in [0.25, 0.3) is 5.57 Å². The lowest BCUT2D eigenvalue weighted by molar-refractivity contribution is 0.128. The number of unbranched alkanes of at least 4 members (excludes halogenated alkanes) is 2. The Kier molecular flexibility index (Phi) is 11.0. The van der Waals surface area contributed by atoms with Crippen molar-refractivity contribution >= 4 is 28.7 Å². The number of pyridine rings is 1. The Morgan fingerprint density at radius 2 is 2.00 bits per heavy atom. The first-order valence-corrected chi connectivity index (χ1v) is 13.3. The van der Waals surface area contributed by atoms with Gasteiger partial charge in [-0.1, -0.05) is 30.5 Å². The number of hydrogen-bond acceptors (Lipinski definition) is 4. The molecule has 0 bridgehead atoms. The summed E-state index contributed by atoms with van der Waals surface area (Å²) >= 11 is 6.33. The molecule has 0 radical (unpaired) electrons. The first kappa shape index (κ1) is 27.9. The number of amidine groups is 1. The van der Waals surface area contributed by atoms with Crippen LogP contribution < -0.4 is 10.1 Å². The molecular formula is C30H40ClN3O2. The van der Waals surface area contributed by atoms with E-state index in [1.54, 1.807) is 13.3 Å². The van der Waals surface area contributed by atoms with Gasteiger partial charge < -0.3 is 14.8 Å². The Labute approximate surface area is 221 Å². The Balaban J connectivity index is 1.74. The summed E-state index contributed by atoms with van der Waals surface area (Å²) in [5.41, 5.74) is 8.32. The maximum absolute atomic E-state index is 6.33. The molecule has 1 aromatic carbocycles. The fraction of sp³-hybridized carbons (Fsp3) is 0.467. The van der Waals surface area contributed by atoms with E-state index >= 15 is 0 Å². The first-order chi connectivity index (χ1) is 17.5. The van der Waals surface area contributed by atoms with Gasteiger partial charge in [-0.05, 0) is 92.0 Å². The number of aryl methyl sites for hydroxylation is 1. The third-order valence-electron chi connectivity index (χ3n) is 6.57. The summed E-state index contributed by atoms with van der Waals surface area (Å²) in [4.78, 5) is 8.81. The molecule has 1 aliphatic rings. The fourth-order valence-electron chi connectivity index (χ4n) is 4.67. The lowest BCUT2D eigenvalue weighted by Crippen LogP contribution is -2.16. The van der Waals surface area contributed by atoms with E-state index in [0.717, 1.165) is 69.0 Å². The number of benzene rings is 1. The second-order valence-corrected chi connectivity index (χ2v) is 9.69. The lowest BCUT2D eigenvalue weighted by Gasteiger charge is -2.15. The maximum Gasteiger partial charge on any atom is 0.152 e. The van der Waals surface area contributed by atoms with Crippen molar-refractivity contribution in [2.75, 3.05) is 32.7 Å². The number of hydrogen-bond donors (Lipinski definition) is 1. The van der Waals surface area contributed by atoms with E-state index in [2.05, 4.69) is 47.9 Å². The highest BCUT2D eigenvalue weighted by Gasteiger charge is 2.26. The molecule has 0 fully saturated rings. The molecule has 0 saturated heterocycles. The number of nitrogens with one attached hydrogen (secondary N) is 1. The number of fused-ring (bicyclic) bond motifs is 1. The van der Waals surface area contributed by atoms with Gasteiger partial charge in [0.2, 0.25) is 0 Å². The maximum atomic E-state index is 6.33. The SMILES string of the molecule is C=C(C)CCCCCOCCCC1=C(C(=NC)Nc2cccnc2Cl)Cc2cc(OC)c(CC)cc21. The van der Waals surface area contributed by atoms with Gasteiger partial charge in [-0.2, -0.15) is 0 Å². The van der Waals surface area contributed by atoms with Gasteiger partial charge in [-0.25, -0.2) is 4.98 Å². The predicted molar refractivity (Wildman–Crippen MR) is 153 cm³/mol. The number of aromatic nitrogens is 1. The van der Waals surface area contributed by atoms with Crippen LogP contribution in [0.1, 0.15) is 69.1 Å². The third kappa shape index (κ3) is 7.44. The highest BCUT2D eigenvalue weighted by atomic mass is 35.5. The van der Waals surface area contributed by atoms with E-state index in [9.17, 15) is 0 Å². The number of aliphatic imine (C=N–C) groups is 1. The highest BCUT2D eigenvalue weighted by molar-refractivity contribution is 6.33. The van der Waals surface area contributed by atoms with Crippen molar-refractivity contribution in [3.8, 4) is 5.75 Å². The summed E-state index contributed by atoms with van der Waals surface area (Å²) in [7, 11) is 3.56. The molecule has 0 unspecified atom stereocenters. The zero-order chi connectivity index (χ0) is 25.9. The molecule has 3 rings (SSSR count). The van der Waals surface area contributed by atoms with Crippen LogP contribution in [-0.4, -0.2) is 38.2 Å². The van der Waals surface area contributed by atoms with E-state index in [1.807, 2.05) is 19.2 Å². The molecule has 194 valence electrons. The van der Waals surface area contributed by atoms with Crippen LogP contribution in [0.5, 0.6) is 5.75 Å². The summed E-state index contributed by atoms with van der Waals surface area (Å²) in [6.45, 7) is 9.80. The van der Waals surface area contributed by atoms with Crippen LogP contribution in [0, 0.1) is 0 Å². The number of rotatable bonds is 14. The molecule has 2 aromatic rings. The summed E-state index contributed by atoms with van der Waals surface area (Å²) in [5.74, 6) is 1.77. The molecule has 1 heterocycles. The van der Waals surface area contributed by atoms with E-state index in [0.29, 0.717) is 5.15 Å². The highest BCUT2D eigenvalue weighted by Crippen LogP contribution is 2.40. The van der Waals surface area contributed by atoms with Gasteiger partial charge in [0.15, 0.2) is 5.15 Å². The topological polar surface area (TPSA) is 55.7 Å². The van der Waals surface area contributed by atoms with Gasteiger partial charge in [-0.3, -0.25) is 4.99 Å². The van der Waals surface area contributed by atoms with E-state index < -0.39 is 0 Å². The average Bonchev–Trinajstić information content (AvgIpc) is 3.23. The van der Waals surface area contributed by atoms with E-state index in [1.165, 1.54) is 46.3 Å². The number of anilines is 1. The summed E-state index contributed by atoms with van der Waals surface area (Å²) < 4.78 is 11.6. The van der Waals surface area contributed by atoms with Crippen molar-refractivity contribution < 1.29 is 9.47 Å². The standard InChI is InChI=1S/C30H40ClN3O2/c1-6-22-18-25-23(20-28(22)35-5)19-26(30(32-4)34-27-14-10-15-33-29(27)31)24(25)13-11-17-36-16-9-7-8-12-21(2)3/h10,14-15,18,20H,2,6-9,11-13,16-17,19H2,1,3-5H3,(H,32,34). The van der Waals surface area contributed by atoms with Crippen LogP contribution in [0.2, 0.25) is 5.15 Å². The molecule has 1 N–H and O–H groups in total. The number of halogens is 1. The number of allylic oxidation sites excluding steroid dienone is 2. The van der Waals surface area contributed by atoms with Crippen molar-refractivity contribution in [3.05, 3.63) is 70.0 Å². The van der Waals surface area contributed by atoms with E-state index in [-0.39, 0.29) is 0 Å². The monoisotopic (exact) mass is 509 g/mol. The molecule has 0 amide bonds. The third-order valence-corrected chi connectivity index (χ3v) is 6.87. The van der Waals surface area contributed by atoms with E-state index in [4.69, 9.17) is 21.1 Å². The average molecular weight is 510 g/mol. The van der Waals surface area contributed by atoms with Gasteiger partial charge >= 0.3 is 0 Å². The van der Waals surface area contributed by atoms with Crippen LogP contribution in [0.15, 0.2) is 53.2 Å². The van der Waals surface area contributed by atoms with Crippen molar-refractivity contribution in [2.45, 2.75) is 65.2 Å². The summed E-state index contributed by atoms with van der Waals surface area (Å²) in [5, 5.41) is 3.86. The largest absolute Gasteiger partial charge is 0.496 e. The van der Waals surface area contributed by atoms with Crippen LogP contribution in [-0.2, 0) is 17.6 Å². The lowest BCUT2D eigenvalue weighted by atomic mass is 9.97. The number of methoxy groups -OCH3 is 1. The minimum absolute atomic E-state index is 0.433. The molecule has 1 aromatic heterocycles. The number of nitrogens with zero attached hydrogens (tertiary/aromatic N) is 2. The molecule has 36 heavy (non-hydrogen) atoms. The molecular weight excluding hydrogens is 470 g/mol. The van der Waals surface area contributed by atoms with Crippen molar-refractivity contribution in [1.29, 1.82) is 0 Å². The summed E-state index contributed by atoms with van der Waals surface area (Å²) in [6, 6.07) is 8.27. The van der Waals surface area contributed by atoms with Crippen molar-refractivity contribution in [1.82, 2.24) is 4.98 Å². The zero-order valence-electron chi connectivity index (χ0n) is 22.3. The van der Waals surface area contributed by atoms with Crippen LogP contribution >= 0.6 is 11.6 Å². The first-order valence-electron chi connectivity index (χ1n) is 13.0. The summed E-state index contributed by atoms with van der Waals surface area (Å²) in [6.07, 6.45) is 9.89. The molecule has 0 atom stereocenters. The van der Waals surface area contributed by atoms with Crippen LogP contribution in [0.3, 0.4) is 0 Å². The minimum Gasteiger partial charge on any atom is -0.496 e. The molecule has 0 aliphatic heterocycles. The van der Waals surface area contributed by atoms with Crippen molar-refractivity contribution in [2.24, 2.45) is 4.99 Å². The fourth-order valence-corrected chi connectivity index (χ4v) is 4.83. The van der Waals surface area contributed by atoms with Gasteiger partial charge in [0, 0.05) is 38.5 Å². The Hall–Kier alpha value is -2.63. The predicted octanol–water partition coefficient (Wildman–Crippen LogP) is 7.69. The van der Waals surface area contributed by atoms with Gasteiger partial charge in [0.05, 0.1) is 12.8 Å². The molecule has 0 saturated carbocycles. The zero-order valence-corrected chi connectivity index (χ0v) is 23.0. The quantitative estimate of drug-likeness (QED) is 0.0932. The Morgan fingerprint density at radius 3 is 2.69 bits per heavy atom. The Bertz CT molecular complexity index is 1110. The van der Waals surface area contributed by atoms with Gasteiger partial charge in [-0.15, -0.1) is 6.58 Å². The normalized spacial score (nSPS) is 13.2. The minimum atomic E-state index is 0.433. The molecule has 0 spiro atoms. The molecule has 6 heteroatoms. The van der Waals surface area contributed by atoms with Crippen molar-refractivity contribution in [3.63, 3.8) is 0 Å². The second kappa shape index (κ2) is 14.2. The van der Waals surface area contributed by atoms with Gasteiger partial charge in [0.25, 0.3) is 0 Å². The second-order valence-electron chi connectivity index (χ2n) is 9.33. The number of ether oxygens (including phenoxy) is 2. The Morgan fingerprint density at radius 1 is 1.19 bits per heavy atom. The smallest absolute Gasteiger partial charge is 0.152 e. The molecule has 5 nitrogen and oxygen atoms in total. The molecule has 1 aliphatic carbocycles. The van der Waals surface area contributed by atoms with Crippen LogP contribution in [0.4, 0.5) is 5.69 Å².